The predicted octanol–water partition coefficient (Wildman–Crippen LogP) is 2.79. The molecule has 0 aliphatic heterocycles. The van der Waals surface area contributed by atoms with Crippen LogP contribution in [0.3, 0.4) is 0 Å². The van der Waals surface area contributed by atoms with Crippen LogP contribution in [0.5, 0.6) is 0 Å². The maximum atomic E-state index is 11.1. The van der Waals surface area contributed by atoms with E-state index >= 15 is 0 Å². The summed E-state index contributed by atoms with van der Waals surface area (Å²) in [5.74, 6) is 0.376. The minimum Gasteiger partial charge on any atom is -0.371 e. The summed E-state index contributed by atoms with van der Waals surface area (Å²) in [5.41, 5.74) is 1.10. The summed E-state index contributed by atoms with van der Waals surface area (Å²) in [7, 11) is 0. The fourth-order valence-electron chi connectivity index (χ4n) is 1.87. The lowest BCUT2D eigenvalue weighted by atomic mass is 9.97. The molecule has 0 radical (unpaired) electrons. The normalized spacial score (nSPS) is 18.0. The Hall–Kier alpha value is -0.740. The van der Waals surface area contributed by atoms with Crippen LogP contribution in [0.15, 0.2) is 0 Å². The first-order chi connectivity index (χ1) is 7.65. The molecular weight excluding hydrogens is 222 g/mol. The van der Waals surface area contributed by atoms with Gasteiger partial charge in [0.2, 0.25) is 0 Å². The molecule has 0 aromatic carbocycles. The van der Waals surface area contributed by atoms with Gasteiger partial charge in [0, 0.05) is 17.7 Å². The van der Waals surface area contributed by atoms with Crippen LogP contribution < -0.4 is 0 Å². The molecule has 1 aromatic rings. The summed E-state index contributed by atoms with van der Waals surface area (Å²) < 4.78 is 5.78. The Morgan fingerprint density at radius 2 is 2.06 bits per heavy atom. The first kappa shape index (κ1) is 11.7. The van der Waals surface area contributed by atoms with Crippen molar-refractivity contribution in [1.29, 1.82) is 0 Å². The number of aromatic nitrogens is 1. The van der Waals surface area contributed by atoms with Gasteiger partial charge in [-0.1, -0.05) is 0 Å². The van der Waals surface area contributed by atoms with Crippen molar-refractivity contribution >= 4 is 17.1 Å². The topological polar surface area (TPSA) is 39.2 Å². The molecule has 1 heterocycles. The van der Waals surface area contributed by atoms with Crippen molar-refractivity contribution in [2.45, 2.75) is 52.2 Å². The van der Waals surface area contributed by atoms with Crippen LogP contribution in [0.4, 0.5) is 0 Å². The summed E-state index contributed by atoms with van der Waals surface area (Å²) in [6.45, 7) is 4.70. The molecule has 1 fully saturated rings. The largest absolute Gasteiger partial charge is 0.371 e. The Morgan fingerprint density at radius 3 is 2.62 bits per heavy atom. The summed E-state index contributed by atoms with van der Waals surface area (Å²) in [6, 6.07) is 0. The number of ether oxygens (including phenoxy) is 1. The number of carbonyl (C=O) groups excluding carboxylic acids is 1. The third kappa shape index (κ3) is 2.89. The van der Waals surface area contributed by atoms with E-state index in [9.17, 15) is 4.79 Å². The van der Waals surface area contributed by atoms with Gasteiger partial charge in [0.05, 0.1) is 18.4 Å². The molecule has 0 bridgehead atoms. The molecule has 16 heavy (non-hydrogen) atoms. The van der Waals surface area contributed by atoms with Crippen LogP contribution in [0.2, 0.25) is 0 Å². The number of hydrogen-bond acceptors (Lipinski definition) is 4. The standard InChI is InChI=1S/C12H17NO2S/c1-8-9(2)16-12(13-8)7-15-11-5-3-10(14)4-6-11/h11H,3-7H2,1-2H3. The zero-order valence-electron chi connectivity index (χ0n) is 9.78. The summed E-state index contributed by atoms with van der Waals surface area (Å²) >= 11 is 1.70. The first-order valence-corrected chi connectivity index (χ1v) is 6.53. The minimum absolute atomic E-state index is 0.252. The average molecular weight is 239 g/mol. The minimum atomic E-state index is 0.252. The zero-order valence-corrected chi connectivity index (χ0v) is 10.6. The number of carbonyl (C=O) groups is 1. The number of ketones is 1. The van der Waals surface area contributed by atoms with Crippen LogP contribution in [0.25, 0.3) is 0 Å². The van der Waals surface area contributed by atoms with Gasteiger partial charge in [0.25, 0.3) is 0 Å². The fraction of sp³-hybridized carbons (Fsp3) is 0.667. The molecule has 0 N–H and O–H groups in total. The molecular formula is C12H17NO2S. The lowest BCUT2D eigenvalue weighted by Crippen LogP contribution is -2.21. The lowest BCUT2D eigenvalue weighted by Gasteiger charge is -2.20. The molecule has 2 rings (SSSR count). The molecule has 0 saturated heterocycles. The fourth-order valence-corrected chi connectivity index (χ4v) is 2.73. The van der Waals surface area contributed by atoms with E-state index in [0.29, 0.717) is 25.2 Å². The van der Waals surface area contributed by atoms with Gasteiger partial charge < -0.3 is 4.74 Å². The highest BCUT2D eigenvalue weighted by atomic mass is 32.1. The second-order valence-corrected chi connectivity index (χ2v) is 5.59. The number of thiazole rings is 1. The van der Waals surface area contributed by atoms with Gasteiger partial charge in [-0.3, -0.25) is 4.79 Å². The number of Topliss-reactive ketones (excluding diaryl/α,β-unsaturated/α-hetero) is 1. The molecule has 0 unspecified atom stereocenters. The average Bonchev–Trinajstić information content (AvgIpc) is 2.58. The Labute approximate surface area is 99.8 Å². The molecule has 3 nitrogen and oxygen atoms in total. The molecule has 0 amide bonds. The smallest absolute Gasteiger partial charge is 0.133 e. The van der Waals surface area contributed by atoms with Crippen molar-refractivity contribution in [3.05, 3.63) is 15.6 Å². The van der Waals surface area contributed by atoms with Crippen molar-refractivity contribution in [3.8, 4) is 0 Å². The Morgan fingerprint density at radius 1 is 1.38 bits per heavy atom. The molecule has 0 spiro atoms. The van der Waals surface area contributed by atoms with E-state index in [1.807, 2.05) is 6.92 Å². The zero-order chi connectivity index (χ0) is 11.5. The van der Waals surface area contributed by atoms with Crippen LogP contribution in [-0.4, -0.2) is 16.9 Å². The molecule has 0 atom stereocenters. The monoisotopic (exact) mass is 239 g/mol. The molecule has 1 aliphatic rings. The van der Waals surface area contributed by atoms with E-state index in [4.69, 9.17) is 4.74 Å². The molecule has 1 aromatic heterocycles. The predicted molar refractivity (Wildman–Crippen MR) is 63.6 cm³/mol. The number of hydrogen-bond donors (Lipinski definition) is 0. The van der Waals surface area contributed by atoms with Crippen LogP contribution in [0, 0.1) is 13.8 Å². The third-order valence-electron chi connectivity index (χ3n) is 3.01. The Kier molecular flexibility index (Phi) is 3.71. The van der Waals surface area contributed by atoms with Gasteiger partial charge in [0.1, 0.15) is 10.8 Å². The summed E-state index contributed by atoms with van der Waals surface area (Å²) in [5, 5.41) is 1.05. The highest BCUT2D eigenvalue weighted by Gasteiger charge is 2.19. The molecule has 4 heteroatoms. The van der Waals surface area contributed by atoms with E-state index in [1.54, 1.807) is 11.3 Å². The summed E-state index contributed by atoms with van der Waals surface area (Å²) in [6.07, 6.45) is 3.37. The second-order valence-electron chi connectivity index (χ2n) is 4.30. The van der Waals surface area contributed by atoms with Crippen molar-refractivity contribution in [2.75, 3.05) is 0 Å². The van der Waals surface area contributed by atoms with Crippen LogP contribution in [-0.2, 0) is 16.1 Å². The van der Waals surface area contributed by atoms with Gasteiger partial charge >= 0.3 is 0 Å². The lowest BCUT2D eigenvalue weighted by molar-refractivity contribution is -0.123. The van der Waals surface area contributed by atoms with Gasteiger partial charge in [-0.15, -0.1) is 11.3 Å². The highest BCUT2D eigenvalue weighted by Crippen LogP contribution is 2.22. The molecule has 1 saturated carbocycles. The van der Waals surface area contributed by atoms with Gasteiger partial charge in [-0.25, -0.2) is 4.98 Å². The van der Waals surface area contributed by atoms with E-state index < -0.39 is 0 Å². The van der Waals surface area contributed by atoms with Crippen molar-refractivity contribution in [2.24, 2.45) is 0 Å². The Balaban J connectivity index is 1.81. The van der Waals surface area contributed by atoms with Crippen molar-refractivity contribution in [1.82, 2.24) is 4.98 Å². The first-order valence-electron chi connectivity index (χ1n) is 5.71. The van der Waals surface area contributed by atoms with Gasteiger partial charge in [0.15, 0.2) is 0 Å². The molecule has 88 valence electrons. The maximum Gasteiger partial charge on any atom is 0.133 e. The van der Waals surface area contributed by atoms with Gasteiger partial charge in [-0.05, 0) is 26.7 Å². The SMILES string of the molecule is Cc1nc(COC2CCC(=O)CC2)sc1C. The third-order valence-corrected chi connectivity index (χ3v) is 4.05. The van der Waals surface area contributed by atoms with E-state index in [-0.39, 0.29) is 6.10 Å². The molecule has 1 aliphatic carbocycles. The van der Waals surface area contributed by atoms with E-state index in [0.717, 1.165) is 23.5 Å². The number of rotatable bonds is 3. The van der Waals surface area contributed by atoms with E-state index in [1.165, 1.54) is 4.88 Å². The highest BCUT2D eigenvalue weighted by molar-refractivity contribution is 7.11. The van der Waals surface area contributed by atoms with Crippen LogP contribution in [0.1, 0.15) is 41.3 Å². The van der Waals surface area contributed by atoms with Crippen molar-refractivity contribution < 1.29 is 9.53 Å². The Bertz CT molecular complexity index is 357. The number of nitrogens with zero attached hydrogens (tertiary/aromatic N) is 1. The second kappa shape index (κ2) is 5.06. The quantitative estimate of drug-likeness (QED) is 0.814. The van der Waals surface area contributed by atoms with Gasteiger partial charge in [-0.2, -0.15) is 0 Å². The van der Waals surface area contributed by atoms with Crippen LogP contribution >= 0.6 is 11.3 Å². The summed E-state index contributed by atoms with van der Waals surface area (Å²) in [4.78, 5) is 16.8. The maximum absolute atomic E-state index is 11.1. The van der Waals surface area contributed by atoms with Crippen molar-refractivity contribution in [3.63, 3.8) is 0 Å². The van der Waals surface area contributed by atoms with E-state index in [2.05, 4.69) is 11.9 Å². The number of aryl methyl sites for hydroxylation is 2.